The van der Waals surface area contributed by atoms with Crippen LogP contribution in [0.5, 0.6) is 0 Å². The standard InChI is InChI=1S/C10H17ClN2O/c11-3-1-4-12-6-8-13(9-7-12)5-2-10-14/h1-3,10,14H,4-9H2. The summed E-state index contributed by atoms with van der Waals surface area (Å²) < 4.78 is 0. The summed E-state index contributed by atoms with van der Waals surface area (Å²) in [6.07, 6.45) is 4.85. The number of nitrogens with zero attached hydrogens (tertiary/aromatic N) is 2. The van der Waals surface area contributed by atoms with E-state index in [1.54, 1.807) is 11.6 Å². The largest absolute Gasteiger partial charge is 0.516 e. The second-order valence-electron chi connectivity index (χ2n) is 3.35. The van der Waals surface area contributed by atoms with Crippen LogP contribution in [-0.4, -0.2) is 54.2 Å². The number of halogens is 1. The van der Waals surface area contributed by atoms with Gasteiger partial charge in [0.2, 0.25) is 0 Å². The molecule has 1 aliphatic heterocycles. The highest BCUT2D eigenvalue weighted by Crippen LogP contribution is 2.01. The number of aliphatic hydroxyl groups is 1. The van der Waals surface area contributed by atoms with Gasteiger partial charge in [-0.05, 0) is 6.08 Å². The van der Waals surface area contributed by atoms with Crippen molar-refractivity contribution in [2.45, 2.75) is 0 Å². The molecule has 0 spiro atoms. The van der Waals surface area contributed by atoms with Gasteiger partial charge >= 0.3 is 0 Å². The summed E-state index contributed by atoms with van der Waals surface area (Å²) in [5.74, 6) is 0. The number of piperazine rings is 1. The summed E-state index contributed by atoms with van der Waals surface area (Å²) in [6.45, 7) is 6.03. The number of rotatable bonds is 4. The Kier molecular flexibility index (Phi) is 5.68. The van der Waals surface area contributed by atoms with Crippen LogP contribution in [0.15, 0.2) is 23.9 Å². The number of aliphatic hydroxyl groups excluding tert-OH is 1. The molecule has 1 heterocycles. The quantitative estimate of drug-likeness (QED) is 0.721. The Morgan fingerprint density at radius 1 is 1.00 bits per heavy atom. The Balaban J connectivity index is 2.17. The fraction of sp³-hybridized carbons (Fsp3) is 0.600. The van der Waals surface area contributed by atoms with E-state index in [1.165, 1.54) is 0 Å². The minimum atomic E-state index is 0.843. The molecule has 0 radical (unpaired) electrons. The van der Waals surface area contributed by atoms with E-state index in [1.807, 2.05) is 6.08 Å². The molecule has 1 saturated heterocycles. The van der Waals surface area contributed by atoms with Gasteiger partial charge in [-0.2, -0.15) is 0 Å². The van der Waals surface area contributed by atoms with Gasteiger partial charge in [0.1, 0.15) is 0 Å². The first-order chi connectivity index (χ1) is 6.86. The second kappa shape index (κ2) is 6.87. The molecule has 0 amide bonds. The summed E-state index contributed by atoms with van der Waals surface area (Å²) in [4.78, 5) is 4.67. The molecule has 80 valence electrons. The lowest BCUT2D eigenvalue weighted by atomic mass is 10.3. The minimum Gasteiger partial charge on any atom is -0.516 e. The Morgan fingerprint density at radius 3 is 1.93 bits per heavy atom. The topological polar surface area (TPSA) is 26.7 Å². The number of hydrogen-bond acceptors (Lipinski definition) is 3. The van der Waals surface area contributed by atoms with Gasteiger partial charge < -0.3 is 5.11 Å². The monoisotopic (exact) mass is 216 g/mol. The van der Waals surface area contributed by atoms with Crippen LogP contribution in [0.4, 0.5) is 0 Å². The third-order valence-electron chi connectivity index (χ3n) is 2.39. The first kappa shape index (κ1) is 11.6. The molecule has 3 nitrogen and oxygen atoms in total. The molecule has 0 atom stereocenters. The molecule has 1 rings (SSSR count). The maximum atomic E-state index is 8.52. The smallest absolute Gasteiger partial charge is 0.0764 e. The van der Waals surface area contributed by atoms with Crippen LogP contribution in [0.2, 0.25) is 0 Å². The molecule has 1 N–H and O–H groups in total. The second-order valence-corrected chi connectivity index (χ2v) is 3.60. The van der Waals surface area contributed by atoms with Crippen molar-refractivity contribution in [2.75, 3.05) is 39.3 Å². The van der Waals surface area contributed by atoms with E-state index >= 15 is 0 Å². The molecule has 1 aliphatic rings. The van der Waals surface area contributed by atoms with Gasteiger partial charge in [-0.15, -0.1) is 0 Å². The zero-order valence-electron chi connectivity index (χ0n) is 8.27. The lowest BCUT2D eigenvalue weighted by molar-refractivity contribution is 0.153. The van der Waals surface area contributed by atoms with Gasteiger partial charge in [0.15, 0.2) is 0 Å². The average Bonchev–Trinajstić information content (AvgIpc) is 2.25. The van der Waals surface area contributed by atoms with Crippen LogP contribution in [0.3, 0.4) is 0 Å². The van der Waals surface area contributed by atoms with E-state index in [4.69, 9.17) is 16.7 Å². The van der Waals surface area contributed by atoms with Gasteiger partial charge in [-0.1, -0.05) is 17.7 Å². The summed E-state index contributed by atoms with van der Waals surface area (Å²) in [7, 11) is 0. The fourth-order valence-electron chi connectivity index (χ4n) is 1.54. The predicted molar refractivity (Wildman–Crippen MR) is 59.6 cm³/mol. The third-order valence-corrected chi connectivity index (χ3v) is 2.56. The molecule has 0 aromatic carbocycles. The van der Waals surface area contributed by atoms with E-state index in [0.29, 0.717) is 0 Å². The summed E-state index contributed by atoms with van der Waals surface area (Å²) in [6, 6.07) is 0. The molecule has 0 aromatic heterocycles. The zero-order chi connectivity index (χ0) is 10.2. The van der Waals surface area contributed by atoms with E-state index in [0.717, 1.165) is 45.5 Å². The van der Waals surface area contributed by atoms with Crippen LogP contribution < -0.4 is 0 Å². The molecule has 1 fully saturated rings. The van der Waals surface area contributed by atoms with Gasteiger partial charge in [-0.3, -0.25) is 9.80 Å². The maximum absolute atomic E-state index is 8.52. The normalized spacial score (nSPS) is 21.2. The van der Waals surface area contributed by atoms with Gasteiger partial charge in [-0.25, -0.2) is 0 Å². The highest BCUT2D eigenvalue weighted by molar-refractivity contribution is 6.25. The highest BCUT2D eigenvalue weighted by Gasteiger charge is 2.13. The Bertz CT molecular complexity index is 176. The molecular formula is C10H17ClN2O. The van der Waals surface area contributed by atoms with E-state index < -0.39 is 0 Å². The van der Waals surface area contributed by atoms with Gasteiger partial charge in [0.25, 0.3) is 0 Å². The van der Waals surface area contributed by atoms with Crippen molar-refractivity contribution >= 4 is 11.6 Å². The highest BCUT2D eigenvalue weighted by atomic mass is 35.5. The Morgan fingerprint density at radius 2 is 1.50 bits per heavy atom. The molecule has 0 aliphatic carbocycles. The van der Waals surface area contributed by atoms with Crippen molar-refractivity contribution in [3.8, 4) is 0 Å². The zero-order valence-corrected chi connectivity index (χ0v) is 9.03. The van der Waals surface area contributed by atoms with Crippen molar-refractivity contribution in [2.24, 2.45) is 0 Å². The fourth-order valence-corrected chi connectivity index (χ4v) is 1.62. The van der Waals surface area contributed by atoms with E-state index in [9.17, 15) is 0 Å². The minimum absolute atomic E-state index is 0.843. The summed E-state index contributed by atoms with van der Waals surface area (Å²) in [5, 5.41) is 8.52. The summed E-state index contributed by atoms with van der Waals surface area (Å²) in [5.41, 5.74) is 1.57. The van der Waals surface area contributed by atoms with Crippen molar-refractivity contribution in [3.05, 3.63) is 23.9 Å². The van der Waals surface area contributed by atoms with Crippen LogP contribution in [0.1, 0.15) is 0 Å². The SMILES string of the molecule is OC=CCN1CCN(CC=CCl)CC1. The summed E-state index contributed by atoms with van der Waals surface area (Å²) >= 11 is 5.46. The van der Waals surface area contributed by atoms with Crippen LogP contribution in [-0.2, 0) is 0 Å². The third kappa shape index (κ3) is 4.13. The molecule has 0 aromatic rings. The number of hydrogen-bond donors (Lipinski definition) is 1. The van der Waals surface area contributed by atoms with Crippen molar-refractivity contribution in [1.82, 2.24) is 9.80 Å². The van der Waals surface area contributed by atoms with Gasteiger partial charge in [0.05, 0.1) is 6.26 Å². The molecule has 14 heavy (non-hydrogen) atoms. The lowest BCUT2D eigenvalue weighted by Gasteiger charge is -2.33. The molecule has 0 bridgehead atoms. The maximum Gasteiger partial charge on any atom is 0.0764 e. The molecule has 0 saturated carbocycles. The Hall–Kier alpha value is -0.510. The first-order valence-electron chi connectivity index (χ1n) is 4.86. The van der Waals surface area contributed by atoms with Crippen LogP contribution in [0, 0.1) is 0 Å². The lowest BCUT2D eigenvalue weighted by Crippen LogP contribution is -2.46. The predicted octanol–water partition coefficient (Wildman–Crippen LogP) is 1.43. The molecule has 0 unspecified atom stereocenters. The van der Waals surface area contributed by atoms with E-state index in [2.05, 4.69) is 9.80 Å². The van der Waals surface area contributed by atoms with Crippen LogP contribution >= 0.6 is 11.6 Å². The molecular weight excluding hydrogens is 200 g/mol. The van der Waals surface area contributed by atoms with E-state index in [-0.39, 0.29) is 0 Å². The molecule has 4 heteroatoms. The van der Waals surface area contributed by atoms with Crippen molar-refractivity contribution in [1.29, 1.82) is 0 Å². The van der Waals surface area contributed by atoms with Crippen LogP contribution in [0.25, 0.3) is 0 Å². The first-order valence-corrected chi connectivity index (χ1v) is 5.29. The average molecular weight is 217 g/mol. The van der Waals surface area contributed by atoms with Crippen molar-refractivity contribution in [3.63, 3.8) is 0 Å². The van der Waals surface area contributed by atoms with Crippen molar-refractivity contribution < 1.29 is 5.11 Å². The Labute approximate surface area is 90.3 Å². The van der Waals surface area contributed by atoms with Gasteiger partial charge in [0, 0.05) is 44.8 Å².